The van der Waals surface area contributed by atoms with Gasteiger partial charge in [-0.1, -0.05) is 48.4 Å². The van der Waals surface area contributed by atoms with Crippen molar-refractivity contribution in [2.24, 2.45) is 0 Å². The normalized spacial score (nSPS) is 28.1. The maximum Gasteiger partial charge on any atom is 0.243 e. The summed E-state index contributed by atoms with van der Waals surface area (Å²) >= 11 is 0. The molecule has 5 rings (SSSR count). The van der Waals surface area contributed by atoms with Crippen LogP contribution < -0.4 is 16.0 Å². The minimum absolute atomic E-state index is 0.0723. The average molecular weight is 570 g/mol. The number of aromatic nitrogens is 3. The molecule has 2 aromatic rings. The molecule has 3 heterocycles. The first-order chi connectivity index (χ1) is 19.9. The van der Waals surface area contributed by atoms with Crippen LogP contribution in [-0.4, -0.2) is 111 Å². The van der Waals surface area contributed by atoms with E-state index < -0.39 is 42.3 Å². The highest BCUT2D eigenvalue weighted by atomic mass is 16.5. The Balaban J connectivity index is 1.29. The number of aliphatic hydroxyl groups is 2. The summed E-state index contributed by atoms with van der Waals surface area (Å²) in [4.78, 5) is 41.1. The predicted octanol–water partition coefficient (Wildman–Crippen LogP) is -1.28. The van der Waals surface area contributed by atoms with Crippen molar-refractivity contribution in [3.05, 3.63) is 47.8 Å². The van der Waals surface area contributed by atoms with Crippen molar-refractivity contribution in [1.82, 2.24) is 35.8 Å². The van der Waals surface area contributed by atoms with Crippen LogP contribution in [0.25, 0.3) is 0 Å². The zero-order chi connectivity index (χ0) is 28.8. The average Bonchev–Trinajstić information content (AvgIpc) is 3.70. The minimum atomic E-state index is -1.29. The molecule has 1 aromatic carbocycles. The Morgan fingerprint density at radius 1 is 1.05 bits per heavy atom. The van der Waals surface area contributed by atoms with Crippen LogP contribution in [-0.2, 0) is 32.1 Å². The molecule has 1 saturated carbocycles. The van der Waals surface area contributed by atoms with Gasteiger partial charge in [0.05, 0.1) is 31.3 Å². The molecule has 13 nitrogen and oxygen atoms in total. The third-order valence-corrected chi connectivity index (χ3v) is 8.01. The SMILES string of the molecule is O=C1CN(CCNC2CCCC2)C(=O)C[C@@H]2O[C@H](CNC(=O)[C@@H](Cc3cn(Cc4ccccc4)nn3)N1)C(O)C2O. The molecule has 3 fully saturated rings. The van der Waals surface area contributed by atoms with Gasteiger partial charge in [-0.05, 0) is 18.4 Å². The second kappa shape index (κ2) is 13.5. The number of aliphatic hydroxyl groups excluding tert-OH is 2. The quantitative estimate of drug-likeness (QED) is 0.260. The maximum atomic E-state index is 13.3. The molecular weight excluding hydrogens is 530 g/mol. The summed E-state index contributed by atoms with van der Waals surface area (Å²) in [5, 5.41) is 38.3. The highest BCUT2D eigenvalue weighted by Crippen LogP contribution is 2.24. The van der Waals surface area contributed by atoms with Crippen molar-refractivity contribution >= 4 is 17.7 Å². The molecular formula is C28H39N7O6. The van der Waals surface area contributed by atoms with Gasteiger partial charge in [-0.3, -0.25) is 14.4 Å². The van der Waals surface area contributed by atoms with Crippen LogP contribution in [0.5, 0.6) is 0 Å². The fourth-order valence-electron chi connectivity index (χ4n) is 5.73. The topological polar surface area (TPSA) is 171 Å². The van der Waals surface area contributed by atoms with Crippen LogP contribution in [0, 0.1) is 0 Å². The smallest absolute Gasteiger partial charge is 0.243 e. The fraction of sp³-hybridized carbons (Fsp3) is 0.607. The Morgan fingerprint density at radius 3 is 2.59 bits per heavy atom. The van der Waals surface area contributed by atoms with Crippen molar-refractivity contribution in [2.45, 2.75) is 81.6 Å². The molecule has 2 bridgehead atoms. The number of hydrogen-bond donors (Lipinski definition) is 5. The molecule has 2 unspecified atom stereocenters. The van der Waals surface area contributed by atoms with E-state index in [0.29, 0.717) is 24.8 Å². The molecule has 3 amide bonds. The van der Waals surface area contributed by atoms with Crippen LogP contribution in [0.4, 0.5) is 0 Å². The van der Waals surface area contributed by atoms with Gasteiger partial charge in [0.1, 0.15) is 24.4 Å². The van der Waals surface area contributed by atoms with Gasteiger partial charge in [0, 0.05) is 38.3 Å². The van der Waals surface area contributed by atoms with Gasteiger partial charge < -0.3 is 35.8 Å². The molecule has 41 heavy (non-hydrogen) atoms. The maximum absolute atomic E-state index is 13.3. The number of nitrogens with zero attached hydrogens (tertiary/aromatic N) is 4. The Morgan fingerprint density at radius 2 is 1.80 bits per heavy atom. The second-order valence-electron chi connectivity index (χ2n) is 11.1. The monoisotopic (exact) mass is 569 g/mol. The Labute approximate surface area is 238 Å². The number of rotatable bonds is 8. The van der Waals surface area contributed by atoms with E-state index in [1.807, 2.05) is 30.3 Å². The Bertz CT molecular complexity index is 1190. The molecule has 0 radical (unpaired) electrons. The highest BCUT2D eigenvalue weighted by Gasteiger charge is 2.44. The Kier molecular flexibility index (Phi) is 9.60. The third kappa shape index (κ3) is 7.67. The van der Waals surface area contributed by atoms with E-state index in [2.05, 4.69) is 26.3 Å². The van der Waals surface area contributed by atoms with Crippen LogP contribution in [0.15, 0.2) is 36.5 Å². The first-order valence-corrected chi connectivity index (χ1v) is 14.4. The predicted molar refractivity (Wildman–Crippen MR) is 146 cm³/mol. The first-order valence-electron chi connectivity index (χ1n) is 14.4. The van der Waals surface area contributed by atoms with Crippen molar-refractivity contribution in [3.63, 3.8) is 0 Å². The van der Waals surface area contributed by atoms with Crippen molar-refractivity contribution in [2.75, 3.05) is 26.2 Å². The molecule has 2 saturated heterocycles. The minimum Gasteiger partial charge on any atom is -0.388 e. The zero-order valence-corrected chi connectivity index (χ0v) is 23.0. The standard InChI is InChI=1S/C28H39N7O6/c36-24-17-34(11-10-29-19-8-4-5-9-19)25(37)13-22-26(38)27(39)23(41-22)14-30-28(40)21(31-24)12-20-16-35(33-32-20)15-18-6-2-1-3-7-18/h1-3,6-7,16,19,21-23,26-27,29,38-39H,4-5,8-15,17H2,(H,30,40)(H,31,36)/t21-,22+,23-,26?,27?/m1/s1. The number of carbonyl (C=O) groups excluding carboxylic acids is 3. The molecule has 13 heteroatoms. The first kappa shape index (κ1) is 29.1. The van der Waals surface area contributed by atoms with Gasteiger partial charge in [0.25, 0.3) is 0 Å². The molecule has 222 valence electrons. The molecule has 1 aliphatic carbocycles. The lowest BCUT2D eigenvalue weighted by atomic mass is 10.0. The largest absolute Gasteiger partial charge is 0.388 e. The van der Waals surface area contributed by atoms with E-state index in [1.165, 1.54) is 17.7 Å². The van der Waals surface area contributed by atoms with Crippen LogP contribution in [0.3, 0.4) is 0 Å². The number of carbonyl (C=O) groups is 3. The van der Waals surface area contributed by atoms with Crippen molar-refractivity contribution < 1.29 is 29.3 Å². The van der Waals surface area contributed by atoms with Crippen LogP contribution >= 0.6 is 0 Å². The number of amides is 3. The second-order valence-corrected chi connectivity index (χ2v) is 11.1. The van der Waals surface area contributed by atoms with Gasteiger partial charge in [0.2, 0.25) is 17.7 Å². The van der Waals surface area contributed by atoms with E-state index in [4.69, 9.17) is 4.74 Å². The number of hydrogen-bond acceptors (Lipinski definition) is 9. The summed E-state index contributed by atoms with van der Waals surface area (Å²) in [6.07, 6.45) is 1.74. The third-order valence-electron chi connectivity index (χ3n) is 8.01. The lowest BCUT2D eigenvalue weighted by Crippen LogP contribution is -2.53. The number of benzene rings is 1. The summed E-state index contributed by atoms with van der Waals surface area (Å²) in [7, 11) is 0. The zero-order valence-electron chi connectivity index (χ0n) is 23.0. The summed E-state index contributed by atoms with van der Waals surface area (Å²) in [5.41, 5.74) is 1.55. The number of nitrogens with one attached hydrogen (secondary N) is 3. The van der Waals surface area contributed by atoms with Crippen LogP contribution in [0.1, 0.15) is 43.4 Å². The molecule has 3 aliphatic rings. The molecule has 1 aromatic heterocycles. The summed E-state index contributed by atoms with van der Waals surface area (Å²) in [6.45, 7) is 0.942. The summed E-state index contributed by atoms with van der Waals surface area (Å²) < 4.78 is 7.44. The van der Waals surface area contributed by atoms with Gasteiger partial charge in [-0.25, -0.2) is 4.68 Å². The van der Waals surface area contributed by atoms with Crippen molar-refractivity contribution in [1.29, 1.82) is 0 Å². The van der Waals surface area contributed by atoms with E-state index in [9.17, 15) is 24.6 Å². The molecule has 5 N–H and O–H groups in total. The lowest BCUT2D eigenvalue weighted by molar-refractivity contribution is -0.139. The Hall–Kier alpha value is -3.39. The fourth-order valence-corrected chi connectivity index (χ4v) is 5.73. The molecule has 0 spiro atoms. The molecule has 2 aliphatic heterocycles. The lowest BCUT2D eigenvalue weighted by Gasteiger charge is -2.26. The number of ether oxygens (including phenoxy) is 1. The van der Waals surface area contributed by atoms with Crippen molar-refractivity contribution in [3.8, 4) is 0 Å². The summed E-state index contributed by atoms with van der Waals surface area (Å²) in [5.74, 6) is -1.35. The highest BCUT2D eigenvalue weighted by molar-refractivity contribution is 5.90. The van der Waals surface area contributed by atoms with Gasteiger partial charge in [0.15, 0.2) is 0 Å². The van der Waals surface area contributed by atoms with E-state index in [0.717, 1.165) is 18.4 Å². The van der Waals surface area contributed by atoms with E-state index in [-0.39, 0.29) is 38.4 Å². The molecule has 5 atom stereocenters. The summed E-state index contributed by atoms with van der Waals surface area (Å²) in [6, 6.07) is 9.15. The van der Waals surface area contributed by atoms with Gasteiger partial charge in [-0.15, -0.1) is 5.10 Å². The van der Waals surface area contributed by atoms with E-state index in [1.54, 1.807) is 10.9 Å². The number of fused-ring (bicyclic) bond motifs is 2. The van der Waals surface area contributed by atoms with E-state index >= 15 is 0 Å². The van der Waals surface area contributed by atoms with Crippen LogP contribution in [0.2, 0.25) is 0 Å². The van der Waals surface area contributed by atoms with Gasteiger partial charge >= 0.3 is 0 Å². The van der Waals surface area contributed by atoms with Gasteiger partial charge in [-0.2, -0.15) is 0 Å².